The molecule has 2 heterocycles. The third-order valence-electron chi connectivity index (χ3n) is 4.52. The van der Waals surface area contributed by atoms with Crippen LogP contribution in [0.15, 0.2) is 4.99 Å². The average Bonchev–Trinajstić information content (AvgIpc) is 2.96. The van der Waals surface area contributed by atoms with Gasteiger partial charge in [0.25, 0.3) is 0 Å². The molecule has 1 aromatic heterocycles. The van der Waals surface area contributed by atoms with Crippen molar-refractivity contribution in [2.75, 3.05) is 27.4 Å². The molecule has 1 aliphatic heterocycles. The average molecular weight is 371 g/mol. The van der Waals surface area contributed by atoms with Gasteiger partial charge in [0.2, 0.25) is 5.92 Å². The highest BCUT2D eigenvalue weighted by Gasteiger charge is 2.28. The molecule has 0 fully saturated rings. The van der Waals surface area contributed by atoms with E-state index in [-0.39, 0.29) is 31.1 Å². The van der Waals surface area contributed by atoms with E-state index in [9.17, 15) is 13.6 Å². The Morgan fingerprint density at radius 2 is 2.12 bits per heavy atom. The first-order valence-corrected chi connectivity index (χ1v) is 8.77. The van der Waals surface area contributed by atoms with Crippen LogP contribution in [0.2, 0.25) is 0 Å². The number of hydrogen-bond acceptors (Lipinski definition) is 6. The molecule has 146 valence electrons. The van der Waals surface area contributed by atoms with Gasteiger partial charge in [0.1, 0.15) is 6.67 Å². The minimum absolute atomic E-state index is 0.127. The highest BCUT2D eigenvalue weighted by molar-refractivity contribution is 5.88. The molecule has 0 spiro atoms. The quantitative estimate of drug-likeness (QED) is 0.690. The first-order chi connectivity index (χ1) is 12.2. The van der Waals surface area contributed by atoms with Crippen molar-refractivity contribution in [2.45, 2.75) is 51.5 Å². The molecule has 7 nitrogen and oxygen atoms in total. The van der Waals surface area contributed by atoms with Crippen molar-refractivity contribution in [1.29, 1.82) is 0 Å². The third-order valence-corrected chi connectivity index (χ3v) is 4.52. The van der Waals surface area contributed by atoms with Crippen molar-refractivity contribution < 1.29 is 18.3 Å². The van der Waals surface area contributed by atoms with Gasteiger partial charge in [-0.3, -0.25) is 0 Å². The fourth-order valence-electron chi connectivity index (χ4n) is 3.19. The van der Waals surface area contributed by atoms with E-state index >= 15 is 0 Å². The van der Waals surface area contributed by atoms with Gasteiger partial charge in [-0.2, -0.15) is 5.10 Å². The second kappa shape index (κ2) is 8.11. The number of nitrogens with zero attached hydrogens (tertiary/aromatic N) is 4. The summed E-state index contributed by atoms with van der Waals surface area (Å²) in [6, 6.07) is -0.274. The fraction of sp³-hybridized carbons (Fsp3) is 0.706. The second-order valence-corrected chi connectivity index (χ2v) is 6.68. The Hall–Kier alpha value is -2.03. The molecule has 9 heteroatoms. The molecule has 0 bridgehead atoms. The predicted molar refractivity (Wildman–Crippen MR) is 93.2 cm³/mol. The van der Waals surface area contributed by atoms with Gasteiger partial charge >= 0.3 is 5.97 Å². The molecule has 2 rings (SSSR count). The lowest BCUT2D eigenvalue weighted by molar-refractivity contribution is 0.00615. The number of carbonyl (C=O) groups is 1. The molecule has 2 N–H and O–H groups in total. The summed E-state index contributed by atoms with van der Waals surface area (Å²) in [5, 5.41) is 4.95. The van der Waals surface area contributed by atoms with Crippen LogP contribution < -0.4 is 16.4 Å². The molecule has 0 saturated heterocycles. The standard InChI is InChI=1S/C17H27F2N5O2/c1-5-6-11(7-8-17(2,18)19)24-15-13(14(22-24)16(25)26-4)12(9-20)23(3)10-21-15/h11H,5-10,20H2,1-4H3. The zero-order chi connectivity index (χ0) is 19.5. The molecule has 1 aromatic rings. The Morgan fingerprint density at radius 1 is 1.42 bits per heavy atom. The van der Waals surface area contributed by atoms with Crippen molar-refractivity contribution in [2.24, 2.45) is 10.7 Å². The largest absolute Gasteiger partial charge is 0.464 e. The number of halogens is 2. The number of esters is 1. The van der Waals surface area contributed by atoms with E-state index in [4.69, 9.17) is 10.5 Å². The SMILES string of the molecule is CCCC(CCC(C)(F)F)n1nc(C(=O)OC)c2c1=NCN(C)C=2CN. The number of ether oxygens (including phenoxy) is 1. The van der Waals surface area contributed by atoms with Crippen LogP contribution in [0, 0.1) is 0 Å². The number of rotatable bonds is 8. The summed E-state index contributed by atoms with van der Waals surface area (Å²) < 4.78 is 33.2. The number of likely N-dealkylation sites (N-methyl/N-ethyl adjacent to an activating group) is 1. The Balaban J connectivity index is 2.63. The van der Waals surface area contributed by atoms with Gasteiger partial charge in [0.15, 0.2) is 11.2 Å². The molecule has 0 aliphatic carbocycles. The zero-order valence-corrected chi connectivity index (χ0v) is 15.8. The van der Waals surface area contributed by atoms with Gasteiger partial charge in [0.05, 0.1) is 18.4 Å². The van der Waals surface area contributed by atoms with Crippen molar-refractivity contribution >= 4 is 11.7 Å². The van der Waals surface area contributed by atoms with Crippen LogP contribution in [0.1, 0.15) is 56.1 Å². The van der Waals surface area contributed by atoms with Gasteiger partial charge in [-0.15, -0.1) is 0 Å². The number of methoxy groups -OCH3 is 1. The molecule has 26 heavy (non-hydrogen) atoms. The van der Waals surface area contributed by atoms with Crippen molar-refractivity contribution in [3.63, 3.8) is 0 Å². The van der Waals surface area contributed by atoms with Crippen LogP contribution in [0.5, 0.6) is 0 Å². The monoisotopic (exact) mass is 371 g/mol. The predicted octanol–water partition coefficient (Wildman–Crippen LogP) is 1.04. The van der Waals surface area contributed by atoms with E-state index in [0.29, 0.717) is 23.8 Å². The highest BCUT2D eigenvalue weighted by atomic mass is 19.3. The molecule has 1 unspecified atom stereocenters. The Kier molecular flexibility index (Phi) is 6.33. The molecule has 0 radical (unpaired) electrons. The van der Waals surface area contributed by atoms with Crippen molar-refractivity contribution in [1.82, 2.24) is 14.7 Å². The van der Waals surface area contributed by atoms with Crippen LogP contribution >= 0.6 is 0 Å². The zero-order valence-electron chi connectivity index (χ0n) is 15.8. The molecule has 0 amide bonds. The number of carbonyl (C=O) groups excluding carboxylic acids is 1. The number of aromatic nitrogens is 2. The van der Waals surface area contributed by atoms with E-state index in [1.165, 1.54) is 7.11 Å². The van der Waals surface area contributed by atoms with Crippen LogP contribution in [-0.4, -0.2) is 53.9 Å². The molecule has 0 aromatic carbocycles. The van der Waals surface area contributed by atoms with Crippen LogP contribution in [0.3, 0.4) is 0 Å². The first-order valence-electron chi connectivity index (χ1n) is 8.77. The van der Waals surface area contributed by atoms with Crippen LogP contribution in [-0.2, 0) is 4.74 Å². The van der Waals surface area contributed by atoms with E-state index in [1.54, 1.807) is 4.68 Å². The molecular formula is C17H27F2N5O2. The summed E-state index contributed by atoms with van der Waals surface area (Å²) in [4.78, 5) is 18.6. The highest BCUT2D eigenvalue weighted by Crippen LogP contribution is 2.26. The van der Waals surface area contributed by atoms with E-state index in [1.807, 2.05) is 18.9 Å². The normalized spacial score (nSPS) is 15.5. The summed E-state index contributed by atoms with van der Waals surface area (Å²) in [7, 11) is 3.11. The maximum atomic E-state index is 13.4. The van der Waals surface area contributed by atoms with Gasteiger partial charge in [-0.05, 0) is 19.8 Å². The summed E-state index contributed by atoms with van der Waals surface area (Å²) in [6.07, 6.45) is 1.45. The number of nitrogens with two attached hydrogens (primary N) is 1. The van der Waals surface area contributed by atoms with Gasteiger partial charge < -0.3 is 15.4 Å². The third kappa shape index (κ3) is 4.20. The van der Waals surface area contributed by atoms with Gasteiger partial charge in [0, 0.05) is 25.7 Å². The minimum atomic E-state index is -2.75. The van der Waals surface area contributed by atoms with Crippen LogP contribution in [0.25, 0.3) is 5.70 Å². The van der Waals surface area contributed by atoms with Crippen LogP contribution in [0.4, 0.5) is 8.78 Å². The lowest BCUT2D eigenvalue weighted by Gasteiger charge is -2.23. The summed E-state index contributed by atoms with van der Waals surface area (Å²) >= 11 is 0. The van der Waals surface area contributed by atoms with E-state index in [0.717, 1.165) is 19.0 Å². The topological polar surface area (TPSA) is 85.7 Å². The summed E-state index contributed by atoms with van der Waals surface area (Å²) in [5.74, 6) is -3.34. The number of alkyl halides is 2. The fourth-order valence-corrected chi connectivity index (χ4v) is 3.19. The summed E-state index contributed by atoms with van der Waals surface area (Å²) in [5.41, 5.74) is 7.25. The number of hydrogen-bond donors (Lipinski definition) is 1. The molecule has 1 atom stereocenters. The maximum absolute atomic E-state index is 13.4. The van der Waals surface area contributed by atoms with Crippen molar-refractivity contribution in [3.8, 4) is 0 Å². The number of fused-ring (bicyclic) bond motifs is 1. The maximum Gasteiger partial charge on any atom is 0.359 e. The van der Waals surface area contributed by atoms with E-state index < -0.39 is 11.9 Å². The van der Waals surface area contributed by atoms with Gasteiger partial charge in [-0.25, -0.2) is 23.2 Å². The second-order valence-electron chi connectivity index (χ2n) is 6.68. The lowest BCUT2D eigenvalue weighted by atomic mass is 10.0. The molecule has 0 saturated carbocycles. The van der Waals surface area contributed by atoms with Gasteiger partial charge in [-0.1, -0.05) is 13.3 Å². The van der Waals surface area contributed by atoms with Crippen molar-refractivity contribution in [3.05, 3.63) is 16.4 Å². The molecular weight excluding hydrogens is 344 g/mol. The Bertz CT molecular complexity index is 769. The summed E-state index contributed by atoms with van der Waals surface area (Å²) in [6.45, 7) is 3.47. The lowest BCUT2D eigenvalue weighted by Crippen LogP contribution is -2.45. The Morgan fingerprint density at radius 3 is 2.65 bits per heavy atom. The Labute approximate surface area is 151 Å². The minimum Gasteiger partial charge on any atom is -0.464 e. The molecule has 1 aliphatic rings. The first kappa shape index (κ1) is 20.3. The van der Waals surface area contributed by atoms with E-state index in [2.05, 4.69) is 10.1 Å². The smallest absolute Gasteiger partial charge is 0.359 e.